The van der Waals surface area contributed by atoms with Crippen molar-refractivity contribution in [3.05, 3.63) is 24.3 Å². The SMILES string of the molecule is CC1CN(CCCC(=O)Nc2ccccc2N)CCO1. The van der Waals surface area contributed by atoms with Gasteiger partial charge in [0, 0.05) is 19.5 Å². The predicted molar refractivity (Wildman–Crippen MR) is 80.6 cm³/mol. The maximum atomic E-state index is 11.9. The number of carbonyl (C=O) groups is 1. The molecule has 0 aliphatic carbocycles. The monoisotopic (exact) mass is 277 g/mol. The molecule has 0 spiro atoms. The lowest BCUT2D eigenvalue weighted by Gasteiger charge is -2.30. The fourth-order valence-electron chi connectivity index (χ4n) is 2.38. The molecule has 110 valence electrons. The Morgan fingerprint density at radius 3 is 3.05 bits per heavy atom. The first-order valence-electron chi connectivity index (χ1n) is 7.13. The highest BCUT2D eigenvalue weighted by molar-refractivity contribution is 5.93. The van der Waals surface area contributed by atoms with Gasteiger partial charge < -0.3 is 15.8 Å². The molecule has 0 bridgehead atoms. The summed E-state index contributed by atoms with van der Waals surface area (Å²) in [6, 6.07) is 7.31. The van der Waals surface area contributed by atoms with Crippen LogP contribution in [0.4, 0.5) is 11.4 Å². The second-order valence-electron chi connectivity index (χ2n) is 5.22. The van der Waals surface area contributed by atoms with Crippen molar-refractivity contribution in [1.82, 2.24) is 4.90 Å². The minimum Gasteiger partial charge on any atom is -0.397 e. The van der Waals surface area contributed by atoms with Crippen LogP contribution in [0.15, 0.2) is 24.3 Å². The molecule has 3 N–H and O–H groups in total. The van der Waals surface area contributed by atoms with Gasteiger partial charge in [-0.1, -0.05) is 12.1 Å². The summed E-state index contributed by atoms with van der Waals surface area (Å²) in [7, 11) is 0. The average molecular weight is 277 g/mol. The average Bonchev–Trinajstić information content (AvgIpc) is 2.41. The number of benzene rings is 1. The molecule has 20 heavy (non-hydrogen) atoms. The van der Waals surface area contributed by atoms with Crippen molar-refractivity contribution in [2.75, 3.05) is 37.3 Å². The van der Waals surface area contributed by atoms with Crippen molar-refractivity contribution in [3.63, 3.8) is 0 Å². The van der Waals surface area contributed by atoms with E-state index >= 15 is 0 Å². The summed E-state index contributed by atoms with van der Waals surface area (Å²) in [6.07, 6.45) is 1.66. The Hall–Kier alpha value is -1.59. The third-order valence-corrected chi connectivity index (χ3v) is 3.44. The number of nitrogen functional groups attached to an aromatic ring is 1. The van der Waals surface area contributed by atoms with E-state index in [-0.39, 0.29) is 5.91 Å². The van der Waals surface area contributed by atoms with Crippen LogP contribution in [-0.4, -0.2) is 43.2 Å². The van der Waals surface area contributed by atoms with Crippen molar-refractivity contribution in [3.8, 4) is 0 Å². The molecule has 1 aliphatic rings. The summed E-state index contributed by atoms with van der Waals surface area (Å²) in [5.74, 6) is 0.0178. The van der Waals surface area contributed by atoms with Crippen molar-refractivity contribution in [2.24, 2.45) is 0 Å². The highest BCUT2D eigenvalue weighted by Gasteiger charge is 2.16. The minimum atomic E-state index is 0.0178. The number of morpholine rings is 1. The Labute approximate surface area is 120 Å². The van der Waals surface area contributed by atoms with Crippen LogP contribution in [0, 0.1) is 0 Å². The molecule has 1 saturated heterocycles. The molecular weight excluding hydrogens is 254 g/mol. The summed E-state index contributed by atoms with van der Waals surface area (Å²) in [5.41, 5.74) is 7.08. The van der Waals surface area contributed by atoms with Gasteiger partial charge in [-0.2, -0.15) is 0 Å². The first kappa shape index (κ1) is 14.8. The van der Waals surface area contributed by atoms with E-state index in [0.29, 0.717) is 23.9 Å². The molecule has 1 fully saturated rings. The van der Waals surface area contributed by atoms with Gasteiger partial charge in [-0.25, -0.2) is 0 Å². The van der Waals surface area contributed by atoms with Crippen molar-refractivity contribution < 1.29 is 9.53 Å². The molecule has 0 aromatic heterocycles. The lowest BCUT2D eigenvalue weighted by molar-refractivity contribution is -0.116. The zero-order chi connectivity index (χ0) is 14.4. The largest absolute Gasteiger partial charge is 0.397 e. The van der Waals surface area contributed by atoms with Crippen LogP contribution in [0.25, 0.3) is 0 Å². The second kappa shape index (κ2) is 7.26. The minimum absolute atomic E-state index is 0.0178. The zero-order valence-corrected chi connectivity index (χ0v) is 12.0. The molecular formula is C15H23N3O2. The van der Waals surface area contributed by atoms with E-state index in [0.717, 1.165) is 32.7 Å². The molecule has 1 aromatic carbocycles. The number of anilines is 2. The quantitative estimate of drug-likeness (QED) is 0.804. The number of hydrogen-bond donors (Lipinski definition) is 2. The van der Waals surface area contributed by atoms with Gasteiger partial charge in [-0.15, -0.1) is 0 Å². The summed E-state index contributed by atoms with van der Waals surface area (Å²) in [4.78, 5) is 14.2. The molecule has 2 rings (SSSR count). The van der Waals surface area contributed by atoms with E-state index in [9.17, 15) is 4.79 Å². The van der Waals surface area contributed by atoms with Crippen LogP contribution in [-0.2, 0) is 9.53 Å². The molecule has 1 amide bonds. The number of amides is 1. The number of para-hydroxylation sites is 2. The molecule has 1 aliphatic heterocycles. The van der Waals surface area contributed by atoms with Gasteiger partial charge in [0.15, 0.2) is 0 Å². The number of rotatable bonds is 5. The summed E-state index contributed by atoms with van der Waals surface area (Å²) in [6.45, 7) is 5.71. The number of nitrogens with two attached hydrogens (primary N) is 1. The fraction of sp³-hybridized carbons (Fsp3) is 0.533. The maximum absolute atomic E-state index is 11.9. The van der Waals surface area contributed by atoms with Gasteiger partial charge >= 0.3 is 0 Å². The van der Waals surface area contributed by atoms with Crippen LogP contribution >= 0.6 is 0 Å². The number of nitrogens with zero attached hydrogens (tertiary/aromatic N) is 1. The summed E-state index contributed by atoms with van der Waals surface area (Å²) < 4.78 is 5.49. The lowest BCUT2D eigenvalue weighted by Crippen LogP contribution is -2.41. The van der Waals surface area contributed by atoms with Crippen LogP contribution in [0.1, 0.15) is 19.8 Å². The van der Waals surface area contributed by atoms with Gasteiger partial charge in [0.2, 0.25) is 5.91 Å². The first-order valence-corrected chi connectivity index (χ1v) is 7.13. The molecule has 1 heterocycles. The highest BCUT2D eigenvalue weighted by Crippen LogP contribution is 2.17. The smallest absolute Gasteiger partial charge is 0.224 e. The Balaban J connectivity index is 1.69. The lowest BCUT2D eigenvalue weighted by atomic mass is 10.2. The van der Waals surface area contributed by atoms with Gasteiger partial charge in [0.25, 0.3) is 0 Å². The molecule has 0 radical (unpaired) electrons. The fourth-order valence-corrected chi connectivity index (χ4v) is 2.38. The molecule has 0 saturated carbocycles. The Kier molecular flexibility index (Phi) is 5.38. The van der Waals surface area contributed by atoms with E-state index in [1.165, 1.54) is 0 Å². The standard InChI is InChI=1S/C15H23N3O2/c1-12-11-18(9-10-20-12)8-4-7-15(19)17-14-6-3-2-5-13(14)16/h2-3,5-6,12H,4,7-11,16H2,1H3,(H,17,19). The third-order valence-electron chi connectivity index (χ3n) is 3.44. The number of ether oxygens (including phenoxy) is 1. The second-order valence-corrected chi connectivity index (χ2v) is 5.22. The van der Waals surface area contributed by atoms with Crippen molar-refractivity contribution in [1.29, 1.82) is 0 Å². The summed E-state index contributed by atoms with van der Waals surface area (Å²) >= 11 is 0. The molecule has 5 heteroatoms. The number of carbonyl (C=O) groups excluding carboxylic acids is 1. The Morgan fingerprint density at radius 2 is 2.30 bits per heavy atom. The highest BCUT2D eigenvalue weighted by atomic mass is 16.5. The van der Waals surface area contributed by atoms with E-state index in [2.05, 4.69) is 17.1 Å². The zero-order valence-electron chi connectivity index (χ0n) is 12.0. The van der Waals surface area contributed by atoms with Gasteiger partial charge in [-0.3, -0.25) is 9.69 Å². The Bertz CT molecular complexity index is 450. The van der Waals surface area contributed by atoms with Crippen LogP contribution in [0.2, 0.25) is 0 Å². The van der Waals surface area contributed by atoms with Crippen molar-refractivity contribution in [2.45, 2.75) is 25.9 Å². The number of hydrogen-bond acceptors (Lipinski definition) is 4. The van der Waals surface area contributed by atoms with Gasteiger partial charge in [0.1, 0.15) is 0 Å². The van der Waals surface area contributed by atoms with E-state index < -0.39 is 0 Å². The first-order chi connectivity index (χ1) is 9.65. The number of nitrogens with one attached hydrogen (secondary N) is 1. The van der Waals surface area contributed by atoms with E-state index in [1.807, 2.05) is 18.2 Å². The predicted octanol–water partition coefficient (Wildman–Crippen LogP) is 1.71. The molecule has 1 unspecified atom stereocenters. The topological polar surface area (TPSA) is 67.6 Å². The summed E-state index contributed by atoms with van der Waals surface area (Å²) in [5, 5.41) is 2.85. The van der Waals surface area contributed by atoms with Crippen LogP contribution < -0.4 is 11.1 Å². The van der Waals surface area contributed by atoms with Crippen LogP contribution in [0.3, 0.4) is 0 Å². The molecule has 1 aromatic rings. The molecule has 5 nitrogen and oxygen atoms in total. The Morgan fingerprint density at radius 1 is 1.50 bits per heavy atom. The molecule has 1 atom stereocenters. The third kappa shape index (κ3) is 4.51. The maximum Gasteiger partial charge on any atom is 0.224 e. The van der Waals surface area contributed by atoms with Crippen molar-refractivity contribution >= 4 is 17.3 Å². The van der Waals surface area contributed by atoms with Gasteiger partial charge in [0.05, 0.1) is 24.1 Å². The van der Waals surface area contributed by atoms with Crippen LogP contribution in [0.5, 0.6) is 0 Å². The van der Waals surface area contributed by atoms with Gasteiger partial charge in [-0.05, 0) is 32.0 Å². The van der Waals surface area contributed by atoms with E-state index in [1.54, 1.807) is 6.07 Å². The van der Waals surface area contributed by atoms with E-state index in [4.69, 9.17) is 10.5 Å². The normalized spacial score (nSPS) is 19.8.